The quantitative estimate of drug-likeness (QED) is 0.673. The Morgan fingerprint density at radius 2 is 1.73 bits per heavy atom. The summed E-state index contributed by atoms with van der Waals surface area (Å²) in [5.41, 5.74) is -0.827. The molecular formula is C19H16ClF2NO3. The number of para-hydroxylation sites is 1. The van der Waals surface area contributed by atoms with Crippen molar-refractivity contribution in [3.63, 3.8) is 0 Å². The maximum atomic E-state index is 14.5. The van der Waals surface area contributed by atoms with Crippen molar-refractivity contribution >= 4 is 29.3 Å². The van der Waals surface area contributed by atoms with Crippen molar-refractivity contribution in [2.75, 3.05) is 4.90 Å². The zero-order chi connectivity index (χ0) is 19.3. The van der Waals surface area contributed by atoms with E-state index in [0.717, 1.165) is 18.2 Å². The number of ether oxygens (including phenoxy) is 1. The molecule has 0 unspecified atom stereocenters. The van der Waals surface area contributed by atoms with E-state index in [1.165, 1.54) is 24.3 Å². The monoisotopic (exact) mass is 379 g/mol. The topological polar surface area (TPSA) is 46.6 Å². The summed E-state index contributed by atoms with van der Waals surface area (Å²) in [6.07, 6.45) is -1.03. The lowest BCUT2D eigenvalue weighted by Crippen LogP contribution is -2.43. The van der Waals surface area contributed by atoms with E-state index in [9.17, 15) is 18.4 Å². The Bertz CT molecular complexity index is 893. The highest BCUT2D eigenvalue weighted by Crippen LogP contribution is 2.50. The second-order valence-corrected chi connectivity index (χ2v) is 7.49. The molecule has 1 aliphatic rings. The van der Waals surface area contributed by atoms with Crippen molar-refractivity contribution in [3.05, 3.63) is 65.2 Å². The van der Waals surface area contributed by atoms with Crippen LogP contribution in [-0.4, -0.2) is 17.6 Å². The number of imide groups is 1. The van der Waals surface area contributed by atoms with Crippen LogP contribution in [-0.2, 0) is 14.4 Å². The number of anilines is 1. The van der Waals surface area contributed by atoms with Gasteiger partial charge in [-0.2, -0.15) is 0 Å². The Morgan fingerprint density at radius 3 is 2.31 bits per heavy atom. The third-order valence-corrected chi connectivity index (χ3v) is 4.48. The minimum Gasteiger partial charge on any atom is -0.443 e. The summed E-state index contributed by atoms with van der Waals surface area (Å²) in [5.74, 6) is -2.17. The number of halogens is 3. The van der Waals surface area contributed by atoms with E-state index in [1.54, 1.807) is 20.8 Å². The number of hydrogen-bond donors (Lipinski definition) is 0. The molecular weight excluding hydrogens is 364 g/mol. The lowest BCUT2D eigenvalue weighted by molar-refractivity contribution is -0.119. The fourth-order valence-corrected chi connectivity index (χ4v) is 3.19. The molecule has 0 saturated carbocycles. The molecule has 0 aliphatic carbocycles. The number of carbonyl (C=O) groups is 2. The van der Waals surface area contributed by atoms with Crippen LogP contribution in [0.4, 0.5) is 19.3 Å². The van der Waals surface area contributed by atoms with Crippen LogP contribution in [0.25, 0.3) is 0 Å². The zero-order valence-electron chi connectivity index (χ0n) is 14.3. The summed E-state index contributed by atoms with van der Waals surface area (Å²) in [6.45, 7) is 4.88. The molecule has 0 aromatic heterocycles. The first-order valence-electron chi connectivity index (χ1n) is 7.87. The van der Waals surface area contributed by atoms with E-state index in [-0.39, 0.29) is 16.8 Å². The van der Waals surface area contributed by atoms with Crippen LogP contribution >= 0.6 is 11.6 Å². The number of hydrogen-bond acceptors (Lipinski definition) is 3. The van der Waals surface area contributed by atoms with Gasteiger partial charge < -0.3 is 4.74 Å². The van der Waals surface area contributed by atoms with Crippen molar-refractivity contribution < 1.29 is 23.1 Å². The smallest absolute Gasteiger partial charge is 0.421 e. The van der Waals surface area contributed by atoms with Gasteiger partial charge in [-0.1, -0.05) is 35.9 Å². The summed E-state index contributed by atoms with van der Waals surface area (Å²) in [7, 11) is 0. The van der Waals surface area contributed by atoms with Gasteiger partial charge in [0.05, 0.1) is 5.69 Å². The standard InChI is InChI=1S/C19H16ClF2NO3/c1-18(2,3)26-17(25)23-15-13(5-4-6-14(15)22)19(20,16(23)24)11-7-9-12(21)10-8-11/h4-10H,1-3H3/t19-/m0/s1. The van der Waals surface area contributed by atoms with Crippen LogP contribution < -0.4 is 4.90 Å². The number of nitrogens with zero attached hydrogens (tertiary/aromatic N) is 1. The highest BCUT2D eigenvalue weighted by molar-refractivity contribution is 6.44. The predicted molar refractivity (Wildman–Crippen MR) is 93.2 cm³/mol. The average Bonchev–Trinajstić information content (AvgIpc) is 2.77. The number of fused-ring (bicyclic) bond motifs is 1. The second-order valence-electron chi connectivity index (χ2n) is 6.92. The predicted octanol–water partition coefficient (Wildman–Crippen LogP) is 4.73. The van der Waals surface area contributed by atoms with E-state index in [1.807, 2.05) is 0 Å². The van der Waals surface area contributed by atoms with Gasteiger partial charge in [-0.3, -0.25) is 4.79 Å². The average molecular weight is 380 g/mol. The molecule has 0 bridgehead atoms. The Labute approximate surface area is 154 Å². The summed E-state index contributed by atoms with van der Waals surface area (Å²) < 4.78 is 33.0. The number of rotatable bonds is 1. The van der Waals surface area contributed by atoms with Gasteiger partial charge in [0.15, 0.2) is 4.87 Å². The van der Waals surface area contributed by atoms with Gasteiger partial charge in [0.1, 0.15) is 17.2 Å². The van der Waals surface area contributed by atoms with E-state index < -0.39 is 34.1 Å². The molecule has 2 amide bonds. The molecule has 1 heterocycles. The number of amides is 2. The van der Waals surface area contributed by atoms with Crippen LogP contribution in [0.15, 0.2) is 42.5 Å². The van der Waals surface area contributed by atoms with Crippen molar-refractivity contribution in [1.29, 1.82) is 0 Å². The number of alkyl halides is 1. The summed E-state index contributed by atoms with van der Waals surface area (Å²) >= 11 is 6.62. The highest BCUT2D eigenvalue weighted by atomic mass is 35.5. The van der Waals surface area contributed by atoms with Crippen molar-refractivity contribution in [1.82, 2.24) is 0 Å². The fraction of sp³-hybridized carbons (Fsp3) is 0.263. The number of carbonyl (C=O) groups excluding carboxylic acids is 2. The first-order chi connectivity index (χ1) is 12.1. The van der Waals surface area contributed by atoms with Crippen molar-refractivity contribution in [2.45, 2.75) is 31.2 Å². The fourth-order valence-electron chi connectivity index (χ4n) is 2.83. The summed E-state index contributed by atoms with van der Waals surface area (Å²) in [5, 5.41) is 0. The molecule has 26 heavy (non-hydrogen) atoms. The lowest BCUT2D eigenvalue weighted by Gasteiger charge is -2.25. The normalized spacial score (nSPS) is 19.5. The van der Waals surface area contributed by atoms with E-state index >= 15 is 0 Å². The van der Waals surface area contributed by atoms with Gasteiger partial charge in [0, 0.05) is 5.56 Å². The Morgan fingerprint density at radius 1 is 1.12 bits per heavy atom. The Kier molecular flexibility index (Phi) is 4.27. The lowest BCUT2D eigenvalue weighted by atomic mass is 9.91. The molecule has 1 atom stereocenters. The number of benzene rings is 2. The Hall–Kier alpha value is -2.47. The zero-order valence-corrected chi connectivity index (χ0v) is 15.1. The van der Waals surface area contributed by atoms with Crippen LogP contribution in [0.2, 0.25) is 0 Å². The van der Waals surface area contributed by atoms with Gasteiger partial charge in [-0.15, -0.1) is 0 Å². The molecule has 0 radical (unpaired) electrons. The van der Waals surface area contributed by atoms with Crippen LogP contribution in [0.3, 0.4) is 0 Å². The van der Waals surface area contributed by atoms with Crippen LogP contribution in [0, 0.1) is 11.6 Å². The van der Waals surface area contributed by atoms with Gasteiger partial charge in [-0.05, 0) is 44.5 Å². The molecule has 0 saturated heterocycles. The van der Waals surface area contributed by atoms with E-state index in [4.69, 9.17) is 16.3 Å². The molecule has 1 aliphatic heterocycles. The van der Waals surface area contributed by atoms with Gasteiger partial charge in [0.25, 0.3) is 5.91 Å². The second kappa shape index (κ2) is 6.06. The molecule has 2 aromatic rings. The van der Waals surface area contributed by atoms with Crippen LogP contribution in [0.5, 0.6) is 0 Å². The maximum absolute atomic E-state index is 14.5. The van der Waals surface area contributed by atoms with Gasteiger partial charge in [-0.25, -0.2) is 18.5 Å². The SMILES string of the molecule is CC(C)(C)OC(=O)N1C(=O)[C@](Cl)(c2ccc(F)cc2)c2cccc(F)c21. The summed E-state index contributed by atoms with van der Waals surface area (Å²) in [4.78, 5) is 24.4. The molecule has 3 rings (SSSR count). The molecule has 7 heteroatoms. The summed E-state index contributed by atoms with van der Waals surface area (Å²) in [6, 6.07) is 8.90. The molecule has 2 aromatic carbocycles. The Balaban J connectivity index is 2.18. The minimum atomic E-state index is -1.86. The van der Waals surface area contributed by atoms with E-state index in [0.29, 0.717) is 4.90 Å². The van der Waals surface area contributed by atoms with Crippen LogP contribution in [0.1, 0.15) is 31.9 Å². The first kappa shape index (κ1) is 18.3. The first-order valence-corrected chi connectivity index (χ1v) is 8.25. The van der Waals surface area contributed by atoms with Gasteiger partial charge in [0.2, 0.25) is 0 Å². The molecule has 0 fully saturated rings. The largest absolute Gasteiger partial charge is 0.443 e. The maximum Gasteiger partial charge on any atom is 0.421 e. The van der Waals surface area contributed by atoms with E-state index in [2.05, 4.69) is 0 Å². The molecule has 0 spiro atoms. The third-order valence-electron chi connectivity index (χ3n) is 3.90. The molecule has 0 N–H and O–H groups in total. The highest BCUT2D eigenvalue weighted by Gasteiger charge is 2.55. The minimum absolute atomic E-state index is 0.0987. The third kappa shape index (κ3) is 2.84. The van der Waals surface area contributed by atoms with Gasteiger partial charge >= 0.3 is 6.09 Å². The molecule has 136 valence electrons. The van der Waals surface area contributed by atoms with Crippen molar-refractivity contribution in [2.24, 2.45) is 0 Å². The van der Waals surface area contributed by atoms with Crippen molar-refractivity contribution in [3.8, 4) is 0 Å². The molecule has 4 nitrogen and oxygen atoms in total.